The molecule has 0 aliphatic rings. The fraction of sp³-hybridized carbons (Fsp3) is 0.250. The smallest absolute Gasteiger partial charge is 0.251 e. The second-order valence-corrected chi connectivity index (χ2v) is 2.65. The number of aromatic nitrogens is 1. The fourth-order valence-electron chi connectivity index (χ4n) is 0.927. The van der Waals surface area contributed by atoms with E-state index >= 15 is 0 Å². The van der Waals surface area contributed by atoms with Crippen molar-refractivity contribution in [3.05, 3.63) is 29.3 Å². The summed E-state index contributed by atoms with van der Waals surface area (Å²) in [5.41, 5.74) is 5.18. The van der Waals surface area contributed by atoms with Gasteiger partial charge in [-0.15, -0.1) is 0 Å². The number of primary amides is 1. The second kappa shape index (κ2) is 3.49. The number of aryl methyl sites for hydroxylation is 1. The molecule has 1 amide bonds. The summed E-state index contributed by atoms with van der Waals surface area (Å²) >= 11 is 0. The Bertz CT molecular complexity index is 341. The summed E-state index contributed by atoms with van der Waals surface area (Å²) in [5, 5.41) is 9.16. The lowest BCUT2D eigenvalue weighted by Crippen LogP contribution is -2.22. The van der Waals surface area contributed by atoms with Gasteiger partial charge in [0.15, 0.2) is 6.10 Å². The second-order valence-electron chi connectivity index (χ2n) is 2.65. The summed E-state index contributed by atoms with van der Waals surface area (Å²) in [6.45, 7) is 1.62. The average molecular weight is 184 g/mol. The van der Waals surface area contributed by atoms with Crippen LogP contribution in [0, 0.1) is 12.7 Å². The molecule has 0 saturated carbocycles. The third-order valence-corrected chi connectivity index (χ3v) is 1.59. The number of carbonyl (C=O) groups is 1. The van der Waals surface area contributed by atoms with Crippen LogP contribution in [0.25, 0.3) is 0 Å². The normalized spacial score (nSPS) is 12.5. The number of nitrogens with zero attached hydrogens (tertiary/aromatic N) is 1. The molecule has 5 heteroatoms. The van der Waals surface area contributed by atoms with Crippen molar-refractivity contribution in [2.24, 2.45) is 5.73 Å². The molecule has 0 bridgehead atoms. The number of amides is 1. The maximum Gasteiger partial charge on any atom is 0.251 e. The Morgan fingerprint density at radius 3 is 2.92 bits per heavy atom. The van der Waals surface area contributed by atoms with Crippen molar-refractivity contribution >= 4 is 5.91 Å². The summed E-state index contributed by atoms with van der Waals surface area (Å²) in [6.07, 6.45) is -0.668. The molecule has 3 N–H and O–H groups in total. The highest BCUT2D eigenvalue weighted by molar-refractivity contribution is 5.80. The topological polar surface area (TPSA) is 76.2 Å². The maximum absolute atomic E-state index is 13.0. The third kappa shape index (κ3) is 2.00. The third-order valence-electron chi connectivity index (χ3n) is 1.59. The Kier molecular flexibility index (Phi) is 2.57. The van der Waals surface area contributed by atoms with Gasteiger partial charge in [0, 0.05) is 11.3 Å². The van der Waals surface area contributed by atoms with Gasteiger partial charge in [-0.05, 0) is 13.0 Å². The Hall–Kier alpha value is -1.49. The van der Waals surface area contributed by atoms with Crippen molar-refractivity contribution in [1.29, 1.82) is 0 Å². The lowest BCUT2D eigenvalue weighted by atomic mass is 10.1. The molecular formula is C8H9FN2O2. The summed E-state index contributed by atoms with van der Waals surface area (Å²) < 4.78 is 13.0. The number of rotatable bonds is 2. The minimum atomic E-state index is -1.61. The van der Waals surface area contributed by atoms with Crippen molar-refractivity contribution in [2.45, 2.75) is 13.0 Å². The molecule has 0 spiro atoms. The lowest BCUT2D eigenvalue weighted by molar-refractivity contribution is -0.126. The summed E-state index contributed by atoms with van der Waals surface area (Å²) in [7, 11) is 0. The van der Waals surface area contributed by atoms with Crippen LogP contribution in [-0.4, -0.2) is 16.0 Å². The van der Waals surface area contributed by atoms with Gasteiger partial charge >= 0.3 is 0 Å². The van der Waals surface area contributed by atoms with Crippen LogP contribution in [-0.2, 0) is 4.79 Å². The molecule has 1 aromatic heterocycles. The minimum absolute atomic E-state index is 0.139. The van der Waals surface area contributed by atoms with E-state index < -0.39 is 17.8 Å². The van der Waals surface area contributed by atoms with Gasteiger partial charge in [-0.2, -0.15) is 0 Å². The molecular weight excluding hydrogens is 175 g/mol. The summed E-state index contributed by atoms with van der Waals surface area (Å²) in [6, 6.07) is 1.28. The number of halogens is 1. The quantitative estimate of drug-likeness (QED) is 0.681. The highest BCUT2D eigenvalue weighted by Crippen LogP contribution is 2.16. The van der Waals surface area contributed by atoms with Crippen molar-refractivity contribution in [1.82, 2.24) is 4.98 Å². The van der Waals surface area contributed by atoms with Crippen molar-refractivity contribution in [2.75, 3.05) is 0 Å². The van der Waals surface area contributed by atoms with Crippen LogP contribution in [0.2, 0.25) is 0 Å². The zero-order valence-electron chi connectivity index (χ0n) is 6.99. The van der Waals surface area contributed by atoms with E-state index in [0.29, 0.717) is 5.69 Å². The van der Waals surface area contributed by atoms with Gasteiger partial charge in [-0.1, -0.05) is 0 Å². The van der Waals surface area contributed by atoms with Gasteiger partial charge in [0.2, 0.25) is 0 Å². The van der Waals surface area contributed by atoms with Crippen LogP contribution < -0.4 is 5.73 Å². The summed E-state index contributed by atoms with van der Waals surface area (Å²) in [5.74, 6) is -1.72. The molecule has 70 valence electrons. The molecule has 0 aliphatic heterocycles. The molecule has 1 unspecified atom stereocenters. The number of hydrogen-bond acceptors (Lipinski definition) is 3. The first-order valence-electron chi connectivity index (χ1n) is 3.62. The molecule has 4 nitrogen and oxygen atoms in total. The van der Waals surface area contributed by atoms with E-state index in [-0.39, 0.29) is 5.56 Å². The van der Waals surface area contributed by atoms with Crippen LogP contribution in [0.15, 0.2) is 12.3 Å². The SMILES string of the molecule is Cc1cc(C(O)C(N)=O)c(F)cn1. The van der Waals surface area contributed by atoms with Crippen molar-refractivity contribution in [3.63, 3.8) is 0 Å². The first-order valence-corrected chi connectivity index (χ1v) is 3.62. The Morgan fingerprint density at radius 2 is 2.38 bits per heavy atom. The van der Waals surface area contributed by atoms with Gasteiger partial charge in [-0.25, -0.2) is 4.39 Å². The Labute approximate surface area is 74.2 Å². The van der Waals surface area contributed by atoms with Gasteiger partial charge in [0.05, 0.1) is 6.20 Å². The van der Waals surface area contributed by atoms with Crippen LogP contribution in [0.5, 0.6) is 0 Å². The number of hydrogen-bond donors (Lipinski definition) is 2. The predicted octanol–water partition coefficient (Wildman–Crippen LogP) is 0.0478. The molecule has 0 fully saturated rings. The molecule has 0 aliphatic carbocycles. The number of aliphatic hydroxyl groups is 1. The van der Waals surface area contributed by atoms with E-state index in [4.69, 9.17) is 10.8 Å². The van der Waals surface area contributed by atoms with E-state index in [1.165, 1.54) is 6.07 Å². The largest absolute Gasteiger partial charge is 0.378 e. The molecule has 0 aromatic carbocycles. The van der Waals surface area contributed by atoms with E-state index in [2.05, 4.69) is 4.98 Å². The number of aliphatic hydroxyl groups excluding tert-OH is 1. The molecule has 13 heavy (non-hydrogen) atoms. The molecule has 1 atom stereocenters. The standard InChI is InChI=1S/C8H9FN2O2/c1-4-2-5(6(9)3-11-4)7(12)8(10)13/h2-3,7,12H,1H3,(H2,10,13). The average Bonchev–Trinajstić information content (AvgIpc) is 2.08. The Balaban J connectivity index is 3.12. The van der Waals surface area contributed by atoms with E-state index in [0.717, 1.165) is 6.20 Å². The minimum Gasteiger partial charge on any atom is -0.378 e. The molecule has 0 radical (unpaired) electrons. The number of pyridine rings is 1. The van der Waals surface area contributed by atoms with Crippen LogP contribution in [0.1, 0.15) is 17.4 Å². The number of nitrogens with two attached hydrogens (primary N) is 1. The lowest BCUT2D eigenvalue weighted by Gasteiger charge is -2.07. The van der Waals surface area contributed by atoms with Gasteiger partial charge < -0.3 is 10.8 Å². The summed E-state index contributed by atoms with van der Waals surface area (Å²) in [4.78, 5) is 14.2. The molecule has 0 saturated heterocycles. The van der Waals surface area contributed by atoms with Crippen LogP contribution in [0.4, 0.5) is 4.39 Å². The first kappa shape index (κ1) is 9.60. The highest BCUT2D eigenvalue weighted by atomic mass is 19.1. The zero-order valence-corrected chi connectivity index (χ0v) is 6.99. The molecule has 1 rings (SSSR count). The van der Waals surface area contributed by atoms with E-state index in [9.17, 15) is 9.18 Å². The zero-order chi connectivity index (χ0) is 10.0. The monoisotopic (exact) mass is 184 g/mol. The van der Waals surface area contributed by atoms with E-state index in [1.807, 2.05) is 0 Å². The number of carbonyl (C=O) groups excluding carboxylic acids is 1. The van der Waals surface area contributed by atoms with Crippen LogP contribution >= 0.6 is 0 Å². The van der Waals surface area contributed by atoms with Gasteiger partial charge in [0.1, 0.15) is 5.82 Å². The van der Waals surface area contributed by atoms with Gasteiger partial charge in [0.25, 0.3) is 5.91 Å². The fourth-order valence-corrected chi connectivity index (χ4v) is 0.927. The predicted molar refractivity (Wildman–Crippen MR) is 43.1 cm³/mol. The van der Waals surface area contributed by atoms with Crippen molar-refractivity contribution < 1.29 is 14.3 Å². The molecule has 1 aromatic rings. The first-order chi connectivity index (χ1) is 6.02. The highest BCUT2D eigenvalue weighted by Gasteiger charge is 2.18. The van der Waals surface area contributed by atoms with Gasteiger partial charge in [-0.3, -0.25) is 9.78 Å². The van der Waals surface area contributed by atoms with E-state index in [1.54, 1.807) is 6.92 Å². The molecule has 1 heterocycles. The maximum atomic E-state index is 13.0. The van der Waals surface area contributed by atoms with Crippen molar-refractivity contribution in [3.8, 4) is 0 Å². The Morgan fingerprint density at radius 1 is 1.77 bits per heavy atom. The van der Waals surface area contributed by atoms with Crippen LogP contribution in [0.3, 0.4) is 0 Å².